The largest absolute Gasteiger partial charge is 0.393 e. The molecule has 29 heavy (non-hydrogen) atoms. The molecule has 0 aromatic heterocycles. The zero-order valence-electron chi connectivity index (χ0n) is 17.7. The van der Waals surface area contributed by atoms with Crippen LogP contribution < -0.4 is 16.1 Å². The number of carbonyl (C=O) groups excluding carboxylic acids is 3. The smallest absolute Gasteiger partial charge is 0.335 e. The normalized spacial score (nSPS) is 28.1. The minimum absolute atomic E-state index is 0.0681. The lowest BCUT2D eigenvalue weighted by atomic mass is 9.79. The van der Waals surface area contributed by atoms with Gasteiger partial charge < -0.3 is 15.7 Å². The number of nitrogens with zero attached hydrogens (tertiary/aromatic N) is 1. The maximum atomic E-state index is 12.2. The van der Waals surface area contributed by atoms with E-state index in [-0.39, 0.29) is 35.9 Å². The first-order chi connectivity index (χ1) is 13.9. The molecule has 0 unspecified atom stereocenters. The van der Waals surface area contributed by atoms with Crippen LogP contribution in [-0.2, 0) is 9.59 Å². The molecule has 4 N–H and O–H groups in total. The highest BCUT2D eigenvalue weighted by Gasteiger charge is 2.29. The zero-order valence-corrected chi connectivity index (χ0v) is 17.7. The molecule has 164 valence electrons. The van der Waals surface area contributed by atoms with Crippen LogP contribution in [0.1, 0.15) is 71.6 Å². The van der Waals surface area contributed by atoms with Gasteiger partial charge >= 0.3 is 6.03 Å². The summed E-state index contributed by atoms with van der Waals surface area (Å²) in [6.07, 6.45) is 8.04. The second kappa shape index (κ2) is 11.9. The van der Waals surface area contributed by atoms with Gasteiger partial charge in [0.1, 0.15) is 5.78 Å². The van der Waals surface area contributed by atoms with Gasteiger partial charge in [0, 0.05) is 31.0 Å². The van der Waals surface area contributed by atoms with Gasteiger partial charge in [-0.05, 0) is 57.3 Å². The number of aliphatic hydroxyl groups excluding tert-OH is 1. The Kier molecular flexibility index (Phi) is 9.57. The number of nitrogens with one attached hydrogen (secondary N) is 3. The number of rotatable bonds is 9. The SMILES string of the molecule is CCC(=O)C1CCC(CNC(=O)N/N=C/[C@H](CC)NC(=O)[C@H]2CC[C@H](O)C2)CC1. The number of aliphatic hydroxyl groups is 1. The van der Waals surface area contributed by atoms with E-state index in [1.165, 1.54) is 6.21 Å². The van der Waals surface area contributed by atoms with Gasteiger partial charge in [-0.15, -0.1) is 0 Å². The van der Waals surface area contributed by atoms with Crippen LogP contribution in [0.2, 0.25) is 0 Å². The van der Waals surface area contributed by atoms with Crippen LogP contribution in [0, 0.1) is 17.8 Å². The molecule has 0 heterocycles. The number of amides is 3. The molecule has 2 fully saturated rings. The van der Waals surface area contributed by atoms with Gasteiger partial charge in [-0.2, -0.15) is 5.10 Å². The maximum Gasteiger partial charge on any atom is 0.335 e. The molecule has 3 amide bonds. The number of hydrogen-bond acceptors (Lipinski definition) is 5. The zero-order chi connectivity index (χ0) is 21.2. The molecule has 2 rings (SSSR count). The fourth-order valence-corrected chi connectivity index (χ4v) is 4.18. The van der Waals surface area contributed by atoms with Gasteiger partial charge in [-0.3, -0.25) is 9.59 Å². The Labute approximate surface area is 173 Å². The number of ketones is 1. The number of Topliss-reactive ketones (excluding diaryl/α,β-unsaturated/α-hetero) is 1. The lowest BCUT2D eigenvalue weighted by Crippen LogP contribution is -2.40. The molecule has 0 saturated heterocycles. The first kappa shape index (κ1) is 23.3. The summed E-state index contributed by atoms with van der Waals surface area (Å²) >= 11 is 0. The second-order valence-electron chi connectivity index (χ2n) is 8.32. The van der Waals surface area contributed by atoms with Gasteiger partial charge in [0.25, 0.3) is 0 Å². The highest BCUT2D eigenvalue weighted by molar-refractivity contribution is 5.83. The summed E-state index contributed by atoms with van der Waals surface area (Å²) in [5, 5.41) is 19.2. The average molecular weight is 409 g/mol. The van der Waals surface area contributed by atoms with Crippen molar-refractivity contribution in [2.45, 2.75) is 83.8 Å². The predicted octanol–water partition coefficient (Wildman–Crippen LogP) is 2.11. The minimum Gasteiger partial charge on any atom is -0.393 e. The standard InChI is InChI=1S/C21H36N4O4/c1-3-17(24-20(28)16-9-10-18(26)11-16)13-23-25-21(29)22-12-14-5-7-15(8-6-14)19(27)4-2/h13-18,26H,3-12H2,1-2H3,(H,24,28)(H2,22,25,29)/b23-13+/t14?,15?,16-,17-,18-/m0/s1. The Morgan fingerprint density at radius 3 is 2.34 bits per heavy atom. The average Bonchev–Trinajstić information content (AvgIpc) is 3.17. The third-order valence-electron chi connectivity index (χ3n) is 6.17. The molecular formula is C21H36N4O4. The molecule has 0 spiro atoms. The molecule has 0 aromatic rings. The number of carbonyl (C=O) groups is 3. The van der Waals surface area contributed by atoms with E-state index in [4.69, 9.17) is 0 Å². The highest BCUT2D eigenvalue weighted by atomic mass is 16.3. The van der Waals surface area contributed by atoms with Crippen LogP contribution in [0.4, 0.5) is 4.79 Å². The van der Waals surface area contributed by atoms with Crippen LogP contribution in [0.3, 0.4) is 0 Å². The molecule has 2 aliphatic carbocycles. The first-order valence-electron chi connectivity index (χ1n) is 11.0. The Balaban J connectivity index is 1.64. The summed E-state index contributed by atoms with van der Waals surface area (Å²) < 4.78 is 0. The van der Waals surface area contributed by atoms with Crippen molar-refractivity contribution in [2.75, 3.05) is 6.54 Å². The minimum atomic E-state index is -0.382. The Morgan fingerprint density at radius 2 is 1.76 bits per heavy atom. The monoisotopic (exact) mass is 408 g/mol. The molecule has 0 bridgehead atoms. The molecule has 0 aliphatic heterocycles. The summed E-state index contributed by atoms with van der Waals surface area (Å²) in [5.74, 6) is 0.733. The molecule has 8 nitrogen and oxygen atoms in total. The van der Waals surface area contributed by atoms with Crippen LogP contribution in [0.25, 0.3) is 0 Å². The van der Waals surface area contributed by atoms with Gasteiger partial charge in [-0.25, -0.2) is 10.2 Å². The number of urea groups is 1. The van der Waals surface area contributed by atoms with E-state index in [2.05, 4.69) is 21.2 Å². The molecule has 0 radical (unpaired) electrons. The van der Waals surface area contributed by atoms with E-state index in [9.17, 15) is 19.5 Å². The molecular weight excluding hydrogens is 372 g/mol. The van der Waals surface area contributed by atoms with Crippen LogP contribution in [0.15, 0.2) is 5.10 Å². The Hall–Kier alpha value is -1.96. The van der Waals surface area contributed by atoms with Gasteiger partial charge in [0.15, 0.2) is 0 Å². The van der Waals surface area contributed by atoms with Crippen molar-refractivity contribution in [3.05, 3.63) is 0 Å². The molecule has 3 atom stereocenters. The van der Waals surface area contributed by atoms with Gasteiger partial charge in [-0.1, -0.05) is 13.8 Å². The second-order valence-corrected chi connectivity index (χ2v) is 8.32. The third-order valence-corrected chi connectivity index (χ3v) is 6.17. The Morgan fingerprint density at radius 1 is 1.07 bits per heavy atom. The fourth-order valence-electron chi connectivity index (χ4n) is 4.18. The van der Waals surface area contributed by atoms with Crippen LogP contribution in [0.5, 0.6) is 0 Å². The molecule has 2 saturated carbocycles. The van der Waals surface area contributed by atoms with E-state index < -0.39 is 0 Å². The summed E-state index contributed by atoms with van der Waals surface area (Å²) in [5.41, 5.74) is 2.45. The van der Waals surface area contributed by atoms with E-state index >= 15 is 0 Å². The number of hydrogen-bond donors (Lipinski definition) is 4. The van der Waals surface area contributed by atoms with Crippen molar-refractivity contribution in [3.8, 4) is 0 Å². The van der Waals surface area contributed by atoms with Crippen molar-refractivity contribution < 1.29 is 19.5 Å². The van der Waals surface area contributed by atoms with Crippen molar-refractivity contribution in [3.63, 3.8) is 0 Å². The Bertz CT molecular complexity index is 587. The molecule has 0 aromatic carbocycles. The van der Waals surface area contributed by atoms with Crippen molar-refractivity contribution >= 4 is 23.9 Å². The summed E-state index contributed by atoms with van der Waals surface area (Å²) in [6.45, 7) is 4.42. The maximum absolute atomic E-state index is 12.2. The van der Waals surface area contributed by atoms with Gasteiger partial charge in [0.2, 0.25) is 5.91 Å². The lowest BCUT2D eigenvalue weighted by Gasteiger charge is -2.27. The van der Waals surface area contributed by atoms with E-state index in [1.54, 1.807) is 0 Å². The molecule has 8 heteroatoms. The van der Waals surface area contributed by atoms with Crippen molar-refractivity contribution in [1.29, 1.82) is 0 Å². The van der Waals surface area contributed by atoms with E-state index in [0.29, 0.717) is 50.4 Å². The first-order valence-corrected chi connectivity index (χ1v) is 11.0. The lowest BCUT2D eigenvalue weighted by molar-refractivity contribution is -0.125. The quantitative estimate of drug-likeness (QED) is 0.345. The fraction of sp³-hybridized carbons (Fsp3) is 0.810. The topological polar surface area (TPSA) is 120 Å². The summed E-state index contributed by atoms with van der Waals surface area (Å²) in [4.78, 5) is 35.9. The summed E-state index contributed by atoms with van der Waals surface area (Å²) in [6, 6.07) is -0.625. The molecule has 2 aliphatic rings. The predicted molar refractivity (Wildman–Crippen MR) is 111 cm³/mol. The van der Waals surface area contributed by atoms with Crippen molar-refractivity contribution in [1.82, 2.24) is 16.1 Å². The highest BCUT2D eigenvalue weighted by Crippen LogP contribution is 2.29. The van der Waals surface area contributed by atoms with E-state index in [1.807, 2.05) is 13.8 Å². The van der Waals surface area contributed by atoms with E-state index in [0.717, 1.165) is 25.7 Å². The third kappa shape index (κ3) is 7.76. The van der Waals surface area contributed by atoms with Crippen molar-refractivity contribution in [2.24, 2.45) is 22.9 Å². The summed E-state index contributed by atoms with van der Waals surface area (Å²) in [7, 11) is 0. The van der Waals surface area contributed by atoms with Crippen LogP contribution in [-0.4, -0.2) is 47.7 Å². The number of hydrazone groups is 1. The van der Waals surface area contributed by atoms with Crippen LogP contribution >= 0.6 is 0 Å². The van der Waals surface area contributed by atoms with Gasteiger partial charge in [0.05, 0.1) is 12.1 Å².